The van der Waals surface area contributed by atoms with Gasteiger partial charge in [0.25, 0.3) is 0 Å². The summed E-state index contributed by atoms with van der Waals surface area (Å²) in [6.45, 7) is 2.58. The lowest BCUT2D eigenvalue weighted by atomic mass is 10.3. The van der Waals surface area contributed by atoms with Gasteiger partial charge in [-0.05, 0) is 0 Å². The molecule has 74 valence electrons. The third-order valence-electron chi connectivity index (χ3n) is 1.13. The van der Waals surface area contributed by atoms with Crippen molar-refractivity contribution in [2.75, 3.05) is 5.75 Å². The number of carbonyl (C=O) groups excluding carboxylic acids is 2. The molecule has 0 spiro atoms. The number of amides is 1. The van der Waals surface area contributed by atoms with Crippen molar-refractivity contribution in [2.24, 2.45) is 0 Å². The van der Waals surface area contributed by atoms with E-state index in [1.54, 1.807) is 0 Å². The van der Waals surface area contributed by atoms with Gasteiger partial charge >= 0.3 is 5.97 Å². The minimum absolute atomic E-state index is 0.0598. The molecule has 0 aromatic rings. The van der Waals surface area contributed by atoms with Crippen molar-refractivity contribution >= 4 is 28.8 Å². The second-order valence-corrected chi connectivity index (χ2v) is 3.59. The van der Waals surface area contributed by atoms with Crippen molar-refractivity contribution in [2.45, 2.75) is 19.9 Å². The topological polar surface area (TPSA) is 83.5 Å². The quantitative estimate of drug-likeness (QED) is 0.667. The van der Waals surface area contributed by atoms with Crippen LogP contribution in [0.4, 0.5) is 0 Å². The summed E-state index contributed by atoms with van der Waals surface area (Å²) < 4.78 is 0. The monoisotopic (exact) mass is 205 g/mol. The maximum Gasteiger partial charge on any atom is 0.327 e. The van der Waals surface area contributed by atoms with Gasteiger partial charge in [-0.2, -0.15) is 0 Å². The van der Waals surface area contributed by atoms with Gasteiger partial charge in [0.1, 0.15) is 6.04 Å². The number of carboxylic acids is 1. The molecule has 13 heavy (non-hydrogen) atoms. The molecule has 0 bridgehead atoms. The van der Waals surface area contributed by atoms with Crippen LogP contribution in [-0.2, 0) is 14.4 Å². The highest BCUT2D eigenvalue weighted by Crippen LogP contribution is 2.03. The van der Waals surface area contributed by atoms with E-state index in [2.05, 4.69) is 5.32 Å². The van der Waals surface area contributed by atoms with E-state index in [-0.39, 0.29) is 10.9 Å². The number of hydrogen-bond donors (Lipinski definition) is 2. The molecule has 0 rings (SSSR count). The van der Waals surface area contributed by atoms with E-state index in [1.165, 1.54) is 13.8 Å². The van der Waals surface area contributed by atoms with Gasteiger partial charge in [0.2, 0.25) is 5.91 Å². The third kappa shape index (κ3) is 6.15. The number of carboxylic acid groups (broad SMARTS) is 1. The highest BCUT2D eigenvalue weighted by atomic mass is 32.2. The fourth-order valence-corrected chi connectivity index (χ4v) is 1.25. The Bertz CT molecular complexity index is 229. The van der Waals surface area contributed by atoms with Crippen LogP contribution < -0.4 is 5.32 Å². The van der Waals surface area contributed by atoms with Crippen LogP contribution in [0.5, 0.6) is 0 Å². The van der Waals surface area contributed by atoms with Gasteiger partial charge in [0, 0.05) is 19.6 Å². The molecule has 0 aromatic carbocycles. The fourth-order valence-electron chi connectivity index (χ4n) is 0.621. The first-order chi connectivity index (χ1) is 5.93. The zero-order valence-electron chi connectivity index (χ0n) is 7.36. The molecule has 1 amide bonds. The molecule has 0 radical (unpaired) electrons. The number of hydrogen-bond acceptors (Lipinski definition) is 4. The Morgan fingerprint density at radius 3 is 2.23 bits per heavy atom. The lowest BCUT2D eigenvalue weighted by molar-refractivity contribution is -0.140. The van der Waals surface area contributed by atoms with E-state index in [1.807, 2.05) is 0 Å². The highest BCUT2D eigenvalue weighted by molar-refractivity contribution is 8.13. The van der Waals surface area contributed by atoms with Crippen molar-refractivity contribution in [1.29, 1.82) is 0 Å². The molecule has 6 heteroatoms. The number of carbonyl (C=O) groups is 3. The molecule has 2 N–H and O–H groups in total. The van der Waals surface area contributed by atoms with E-state index in [4.69, 9.17) is 5.11 Å². The number of aliphatic carboxylic acids is 1. The summed E-state index contributed by atoms with van der Waals surface area (Å²) in [6, 6.07) is -0.994. The largest absolute Gasteiger partial charge is 0.480 e. The van der Waals surface area contributed by atoms with Gasteiger partial charge < -0.3 is 10.4 Å². The molecule has 0 aliphatic rings. The fraction of sp³-hybridized carbons (Fsp3) is 0.571. The van der Waals surface area contributed by atoms with Gasteiger partial charge in [-0.25, -0.2) is 4.79 Å². The lowest BCUT2D eigenvalue weighted by Crippen LogP contribution is -2.41. The van der Waals surface area contributed by atoms with Crippen LogP contribution in [0.2, 0.25) is 0 Å². The van der Waals surface area contributed by atoms with Crippen molar-refractivity contribution in [3.05, 3.63) is 0 Å². The molecule has 5 nitrogen and oxygen atoms in total. The first-order valence-corrected chi connectivity index (χ1v) is 4.55. The SMILES string of the molecule is CC(=O)N[C@H](CSC(C)=O)C(=O)O. The third-order valence-corrected chi connectivity index (χ3v) is 2.04. The van der Waals surface area contributed by atoms with Crippen molar-refractivity contribution < 1.29 is 19.5 Å². The predicted molar refractivity (Wildman–Crippen MR) is 48.4 cm³/mol. The van der Waals surface area contributed by atoms with Crippen LogP contribution in [0.15, 0.2) is 0 Å². The summed E-state index contributed by atoms with van der Waals surface area (Å²) >= 11 is 0.875. The second kappa shape index (κ2) is 5.58. The number of thioether (sulfide) groups is 1. The van der Waals surface area contributed by atoms with Gasteiger partial charge in [0.05, 0.1) is 0 Å². The van der Waals surface area contributed by atoms with Crippen LogP contribution in [0, 0.1) is 0 Å². The average Bonchev–Trinajstić information content (AvgIpc) is 1.96. The Morgan fingerprint density at radius 1 is 1.38 bits per heavy atom. The van der Waals surface area contributed by atoms with Gasteiger partial charge in [0.15, 0.2) is 5.12 Å². The maximum atomic E-state index is 10.5. The van der Waals surface area contributed by atoms with Crippen LogP contribution in [0.3, 0.4) is 0 Å². The van der Waals surface area contributed by atoms with Gasteiger partial charge in [-0.15, -0.1) is 0 Å². The molecule has 0 aliphatic carbocycles. The summed E-state index contributed by atoms with van der Waals surface area (Å²) in [7, 11) is 0. The van der Waals surface area contributed by atoms with Crippen LogP contribution >= 0.6 is 11.8 Å². The zero-order valence-corrected chi connectivity index (χ0v) is 8.18. The molecule has 0 saturated heterocycles. The second-order valence-electron chi connectivity index (χ2n) is 2.39. The predicted octanol–water partition coefficient (Wildman–Crippen LogP) is -0.145. The van der Waals surface area contributed by atoms with Crippen molar-refractivity contribution in [3.63, 3.8) is 0 Å². The summed E-state index contributed by atoms with van der Waals surface area (Å²) in [5.41, 5.74) is 0. The van der Waals surface area contributed by atoms with Gasteiger partial charge in [-0.1, -0.05) is 11.8 Å². The summed E-state index contributed by atoms with van der Waals surface area (Å²) in [5, 5.41) is 10.6. The summed E-state index contributed by atoms with van der Waals surface area (Å²) in [5.74, 6) is -1.50. The Morgan fingerprint density at radius 2 is 1.92 bits per heavy atom. The molecule has 0 unspecified atom stereocenters. The first kappa shape index (κ1) is 12.0. The smallest absolute Gasteiger partial charge is 0.327 e. The summed E-state index contributed by atoms with van der Waals surface area (Å²) in [4.78, 5) is 31.6. The highest BCUT2D eigenvalue weighted by Gasteiger charge is 2.18. The molecular weight excluding hydrogens is 194 g/mol. The molecule has 1 atom stereocenters. The van der Waals surface area contributed by atoms with E-state index in [0.29, 0.717) is 0 Å². The van der Waals surface area contributed by atoms with E-state index in [0.717, 1.165) is 11.8 Å². The molecule has 0 aromatic heterocycles. The van der Waals surface area contributed by atoms with E-state index < -0.39 is 17.9 Å². The van der Waals surface area contributed by atoms with Crippen LogP contribution in [0.1, 0.15) is 13.8 Å². The Kier molecular flexibility index (Phi) is 5.13. The first-order valence-electron chi connectivity index (χ1n) is 3.56. The lowest BCUT2D eigenvalue weighted by Gasteiger charge is -2.10. The Balaban J connectivity index is 4.02. The standard InChI is InChI=1S/C7H11NO4S/c1-4(9)8-6(7(11)12)3-13-5(2)10/h6H,3H2,1-2H3,(H,8,9)(H,11,12)/t6-/m1/s1. The minimum atomic E-state index is -1.14. The zero-order chi connectivity index (χ0) is 10.4. The number of rotatable bonds is 4. The molecule has 0 fully saturated rings. The Hall–Kier alpha value is -1.04. The molecule has 0 aliphatic heterocycles. The molecular formula is C7H11NO4S. The van der Waals surface area contributed by atoms with E-state index >= 15 is 0 Å². The summed E-state index contributed by atoms with van der Waals surface area (Å²) in [6.07, 6.45) is 0. The van der Waals surface area contributed by atoms with Crippen LogP contribution in [-0.4, -0.2) is 33.9 Å². The van der Waals surface area contributed by atoms with Gasteiger partial charge in [-0.3, -0.25) is 9.59 Å². The Labute approximate surface area is 79.9 Å². The average molecular weight is 205 g/mol. The maximum absolute atomic E-state index is 10.5. The van der Waals surface area contributed by atoms with Crippen molar-refractivity contribution in [1.82, 2.24) is 5.32 Å². The number of nitrogens with one attached hydrogen (secondary N) is 1. The van der Waals surface area contributed by atoms with E-state index in [9.17, 15) is 14.4 Å². The molecule has 0 saturated carbocycles. The minimum Gasteiger partial charge on any atom is -0.480 e. The van der Waals surface area contributed by atoms with Crippen LogP contribution in [0.25, 0.3) is 0 Å². The normalized spacial score (nSPS) is 11.8. The van der Waals surface area contributed by atoms with Crippen molar-refractivity contribution in [3.8, 4) is 0 Å². The molecule has 0 heterocycles.